The molecule has 0 aliphatic heterocycles. The van der Waals surface area contributed by atoms with Crippen molar-refractivity contribution in [3.05, 3.63) is 34.3 Å². The highest BCUT2D eigenvalue weighted by molar-refractivity contribution is 6.31. The lowest BCUT2D eigenvalue weighted by Gasteiger charge is -2.18. The van der Waals surface area contributed by atoms with Crippen molar-refractivity contribution in [3.8, 4) is 0 Å². The van der Waals surface area contributed by atoms with Gasteiger partial charge in [0.15, 0.2) is 0 Å². The number of carboxylic acids is 1. The van der Waals surface area contributed by atoms with Crippen molar-refractivity contribution in [1.82, 2.24) is 0 Å². The van der Waals surface area contributed by atoms with Gasteiger partial charge in [-0.1, -0.05) is 17.7 Å². The van der Waals surface area contributed by atoms with E-state index in [0.717, 1.165) is 0 Å². The number of hydrogen-bond acceptors (Lipinski definition) is 5. The first-order chi connectivity index (χ1) is 9.36. The number of carbonyl (C=O) groups excluding carboxylic acids is 1. The van der Waals surface area contributed by atoms with Crippen LogP contribution in [-0.4, -0.2) is 40.0 Å². The molecule has 0 heterocycles. The lowest BCUT2D eigenvalue weighted by molar-refractivity contribution is -0.147. The first-order valence-electron chi connectivity index (χ1n) is 5.91. The van der Waals surface area contributed by atoms with Gasteiger partial charge in [-0.05, 0) is 19.1 Å². The summed E-state index contributed by atoms with van der Waals surface area (Å²) in [5.41, 5.74) is 0.110. The molecule has 0 spiro atoms. The number of aromatic carboxylic acids is 1. The maximum atomic E-state index is 11.2. The van der Waals surface area contributed by atoms with Gasteiger partial charge in [0.2, 0.25) is 0 Å². The summed E-state index contributed by atoms with van der Waals surface area (Å²) in [4.78, 5) is 22.0. The summed E-state index contributed by atoms with van der Waals surface area (Å²) >= 11 is 5.86. The van der Waals surface area contributed by atoms with Crippen molar-refractivity contribution in [2.24, 2.45) is 0 Å². The number of carbonyl (C=O) groups is 2. The van der Waals surface area contributed by atoms with Gasteiger partial charge in [-0.2, -0.15) is 0 Å². The Kier molecular flexibility index (Phi) is 5.94. The van der Waals surface area contributed by atoms with Crippen molar-refractivity contribution >= 4 is 23.5 Å². The highest BCUT2D eigenvalue weighted by Crippen LogP contribution is 2.27. The van der Waals surface area contributed by atoms with Gasteiger partial charge >= 0.3 is 11.9 Å². The molecule has 0 bridgehead atoms. The molecule has 0 amide bonds. The number of aliphatic hydroxyl groups excluding tert-OH is 2. The Hall–Kier alpha value is -1.63. The van der Waals surface area contributed by atoms with Crippen LogP contribution in [0.3, 0.4) is 0 Å². The molecule has 7 heteroatoms. The molecule has 6 nitrogen and oxygen atoms in total. The van der Waals surface area contributed by atoms with Gasteiger partial charge in [0, 0.05) is 10.6 Å². The van der Waals surface area contributed by atoms with Crippen molar-refractivity contribution in [2.75, 3.05) is 6.61 Å². The van der Waals surface area contributed by atoms with Crippen LogP contribution < -0.4 is 0 Å². The molecule has 0 aromatic heterocycles. The van der Waals surface area contributed by atoms with Crippen molar-refractivity contribution in [2.45, 2.75) is 25.6 Å². The van der Waals surface area contributed by atoms with Crippen molar-refractivity contribution < 1.29 is 29.6 Å². The van der Waals surface area contributed by atoms with Gasteiger partial charge in [0.1, 0.15) is 6.10 Å². The molecule has 1 aromatic carbocycles. The molecular weight excluding hydrogens is 288 g/mol. The van der Waals surface area contributed by atoms with Gasteiger partial charge in [-0.25, -0.2) is 4.79 Å². The van der Waals surface area contributed by atoms with E-state index >= 15 is 0 Å². The predicted octanol–water partition coefficient (Wildman–Crippen LogP) is 1.39. The summed E-state index contributed by atoms with van der Waals surface area (Å²) in [6, 6.07) is 3.72. The lowest BCUT2D eigenvalue weighted by Crippen LogP contribution is -2.23. The summed E-state index contributed by atoms with van der Waals surface area (Å²) in [6.07, 6.45) is -3.18. The van der Waals surface area contributed by atoms with Crippen LogP contribution in [0, 0.1) is 0 Å². The van der Waals surface area contributed by atoms with E-state index in [2.05, 4.69) is 4.74 Å². The number of hydrogen-bond donors (Lipinski definition) is 3. The first-order valence-corrected chi connectivity index (χ1v) is 6.29. The molecule has 20 heavy (non-hydrogen) atoms. The van der Waals surface area contributed by atoms with Gasteiger partial charge in [0.25, 0.3) is 0 Å². The zero-order valence-electron chi connectivity index (χ0n) is 10.7. The molecule has 1 rings (SSSR count). The van der Waals surface area contributed by atoms with E-state index < -0.39 is 24.1 Å². The molecule has 3 N–H and O–H groups in total. The van der Waals surface area contributed by atoms with Crippen LogP contribution in [0.5, 0.6) is 0 Å². The number of halogens is 1. The summed E-state index contributed by atoms with van der Waals surface area (Å²) in [5.74, 6) is -1.79. The van der Waals surface area contributed by atoms with E-state index in [-0.39, 0.29) is 29.2 Å². The fraction of sp³-hybridized carbons (Fsp3) is 0.385. The zero-order valence-corrected chi connectivity index (χ0v) is 11.5. The Morgan fingerprint density at radius 1 is 1.35 bits per heavy atom. The maximum absolute atomic E-state index is 11.2. The van der Waals surface area contributed by atoms with E-state index in [4.69, 9.17) is 16.7 Å². The SMILES string of the molecule is CCOC(=O)CC(O)C(O)c1ccc(C(=O)O)cc1Cl. The van der Waals surface area contributed by atoms with Gasteiger partial charge in [0.05, 0.1) is 24.7 Å². The average molecular weight is 303 g/mol. The molecule has 0 radical (unpaired) electrons. The largest absolute Gasteiger partial charge is 0.478 e. The second-order valence-electron chi connectivity index (χ2n) is 4.06. The van der Waals surface area contributed by atoms with E-state index in [1.165, 1.54) is 18.2 Å². The first kappa shape index (κ1) is 16.4. The molecule has 110 valence electrons. The monoisotopic (exact) mass is 302 g/mol. The third-order valence-electron chi connectivity index (χ3n) is 2.61. The third-order valence-corrected chi connectivity index (χ3v) is 2.94. The van der Waals surface area contributed by atoms with Crippen LogP contribution in [0.1, 0.15) is 35.4 Å². The lowest BCUT2D eigenvalue weighted by atomic mass is 10.0. The summed E-state index contributed by atoms with van der Waals surface area (Å²) in [7, 11) is 0. The Morgan fingerprint density at radius 3 is 2.50 bits per heavy atom. The zero-order chi connectivity index (χ0) is 15.3. The molecule has 2 atom stereocenters. The molecule has 0 saturated carbocycles. The smallest absolute Gasteiger partial charge is 0.335 e. The highest BCUT2D eigenvalue weighted by Gasteiger charge is 2.24. The molecule has 1 aromatic rings. The van der Waals surface area contributed by atoms with Crippen LogP contribution in [-0.2, 0) is 9.53 Å². The van der Waals surface area contributed by atoms with E-state index in [0.29, 0.717) is 0 Å². The van der Waals surface area contributed by atoms with Gasteiger partial charge in [-0.15, -0.1) is 0 Å². The topological polar surface area (TPSA) is 104 Å². The Labute approximate surface area is 120 Å². The number of ether oxygens (including phenoxy) is 1. The van der Waals surface area contributed by atoms with Gasteiger partial charge < -0.3 is 20.1 Å². The maximum Gasteiger partial charge on any atom is 0.335 e. The fourth-order valence-electron chi connectivity index (χ4n) is 1.61. The normalized spacial score (nSPS) is 13.6. The Morgan fingerprint density at radius 2 is 2.00 bits per heavy atom. The quantitative estimate of drug-likeness (QED) is 0.686. The average Bonchev–Trinajstić information content (AvgIpc) is 2.37. The van der Waals surface area contributed by atoms with E-state index in [9.17, 15) is 19.8 Å². The van der Waals surface area contributed by atoms with E-state index in [1.54, 1.807) is 6.92 Å². The van der Waals surface area contributed by atoms with Crippen LogP contribution >= 0.6 is 11.6 Å². The predicted molar refractivity (Wildman–Crippen MR) is 70.6 cm³/mol. The number of esters is 1. The standard InChI is InChI=1S/C13H15ClO6/c1-2-20-11(16)6-10(15)12(17)8-4-3-7(13(18)19)5-9(8)14/h3-5,10,12,15,17H,2,6H2,1H3,(H,18,19). The van der Waals surface area contributed by atoms with Crippen LogP contribution in [0.4, 0.5) is 0 Å². The summed E-state index contributed by atoms with van der Waals surface area (Å²) in [5, 5.41) is 28.5. The second kappa shape index (κ2) is 7.23. The van der Waals surface area contributed by atoms with Crippen LogP contribution in [0.15, 0.2) is 18.2 Å². The number of benzene rings is 1. The van der Waals surface area contributed by atoms with Crippen LogP contribution in [0.25, 0.3) is 0 Å². The summed E-state index contributed by atoms with van der Waals surface area (Å²) < 4.78 is 4.66. The second-order valence-corrected chi connectivity index (χ2v) is 4.47. The molecular formula is C13H15ClO6. The Bertz CT molecular complexity index is 502. The Balaban J connectivity index is 2.83. The number of carboxylic acid groups (broad SMARTS) is 1. The molecule has 0 saturated heterocycles. The number of rotatable bonds is 6. The molecule has 0 fully saturated rings. The minimum Gasteiger partial charge on any atom is -0.478 e. The van der Waals surface area contributed by atoms with Crippen molar-refractivity contribution in [1.29, 1.82) is 0 Å². The molecule has 0 aliphatic rings. The highest BCUT2D eigenvalue weighted by atomic mass is 35.5. The van der Waals surface area contributed by atoms with E-state index in [1.807, 2.05) is 0 Å². The van der Waals surface area contributed by atoms with Gasteiger partial charge in [-0.3, -0.25) is 4.79 Å². The fourth-order valence-corrected chi connectivity index (χ4v) is 1.90. The minimum absolute atomic E-state index is 0.000286. The minimum atomic E-state index is -1.41. The number of aliphatic hydroxyl groups is 2. The summed E-state index contributed by atoms with van der Waals surface area (Å²) in [6.45, 7) is 1.80. The van der Waals surface area contributed by atoms with Crippen molar-refractivity contribution in [3.63, 3.8) is 0 Å². The molecule has 2 unspecified atom stereocenters. The molecule has 0 aliphatic carbocycles. The van der Waals surface area contributed by atoms with Crippen LogP contribution in [0.2, 0.25) is 5.02 Å². The third kappa shape index (κ3) is 4.19.